The van der Waals surface area contributed by atoms with E-state index in [9.17, 15) is 12.8 Å². The lowest BCUT2D eigenvalue weighted by molar-refractivity contribution is 0.228. The maximum atomic E-state index is 14.4. The second-order valence-electron chi connectivity index (χ2n) is 7.04. The third kappa shape index (κ3) is 3.41. The molecule has 0 saturated carbocycles. The number of hydrogen-bond acceptors (Lipinski definition) is 3. The van der Waals surface area contributed by atoms with Crippen LogP contribution in [0.4, 0.5) is 21.5 Å². The van der Waals surface area contributed by atoms with Crippen LogP contribution < -0.4 is 8.61 Å². The molecule has 2 heterocycles. The minimum Gasteiger partial charge on any atom is -0.303 e. The predicted octanol–water partition coefficient (Wildman–Crippen LogP) is 3.90. The SMILES string of the molecule is O=S1(=O)N(CCCN2CCCCC2)c2ccccc2N1c1ccccc1F. The van der Waals surface area contributed by atoms with Crippen LogP contribution in [0.5, 0.6) is 0 Å². The van der Waals surface area contributed by atoms with Gasteiger partial charge in [0.25, 0.3) is 0 Å². The molecular weight excluding hydrogens is 365 g/mol. The lowest BCUT2D eigenvalue weighted by atomic mass is 10.1. The van der Waals surface area contributed by atoms with E-state index in [2.05, 4.69) is 4.90 Å². The third-order valence-electron chi connectivity index (χ3n) is 5.23. The fourth-order valence-corrected chi connectivity index (χ4v) is 5.68. The van der Waals surface area contributed by atoms with E-state index < -0.39 is 16.0 Å². The average Bonchev–Trinajstić information content (AvgIpc) is 2.90. The normalized spacial score (nSPS) is 19.3. The molecule has 0 spiro atoms. The number of halogens is 1. The Balaban J connectivity index is 1.60. The first-order valence-electron chi connectivity index (χ1n) is 9.48. The fraction of sp³-hybridized carbons (Fsp3) is 0.400. The van der Waals surface area contributed by atoms with Crippen LogP contribution in [0.2, 0.25) is 0 Å². The van der Waals surface area contributed by atoms with Crippen molar-refractivity contribution in [1.29, 1.82) is 0 Å². The molecule has 2 aromatic carbocycles. The van der Waals surface area contributed by atoms with Crippen LogP contribution >= 0.6 is 0 Å². The largest absolute Gasteiger partial charge is 0.331 e. The number of para-hydroxylation sites is 3. The van der Waals surface area contributed by atoms with Crippen molar-refractivity contribution in [2.75, 3.05) is 34.8 Å². The Morgan fingerprint density at radius 2 is 1.44 bits per heavy atom. The highest BCUT2D eigenvalue weighted by Gasteiger charge is 2.41. The van der Waals surface area contributed by atoms with Gasteiger partial charge >= 0.3 is 10.2 Å². The first-order chi connectivity index (χ1) is 13.1. The smallest absolute Gasteiger partial charge is 0.303 e. The van der Waals surface area contributed by atoms with Gasteiger partial charge in [-0.15, -0.1) is 0 Å². The summed E-state index contributed by atoms with van der Waals surface area (Å²) in [6.45, 7) is 3.45. The Hall–Kier alpha value is -2.12. The van der Waals surface area contributed by atoms with Gasteiger partial charge in [0, 0.05) is 6.54 Å². The molecule has 0 unspecified atom stereocenters. The number of fused-ring (bicyclic) bond motifs is 1. The van der Waals surface area contributed by atoms with E-state index in [0.29, 0.717) is 17.9 Å². The minimum absolute atomic E-state index is 0.0588. The molecule has 0 aliphatic carbocycles. The van der Waals surface area contributed by atoms with Gasteiger partial charge in [0.2, 0.25) is 0 Å². The Morgan fingerprint density at radius 3 is 2.15 bits per heavy atom. The summed E-state index contributed by atoms with van der Waals surface area (Å²) >= 11 is 0. The van der Waals surface area contributed by atoms with Crippen LogP contribution in [0.25, 0.3) is 0 Å². The zero-order valence-electron chi connectivity index (χ0n) is 15.2. The summed E-state index contributed by atoms with van der Waals surface area (Å²) in [5, 5.41) is 0. The van der Waals surface area contributed by atoms with E-state index in [1.54, 1.807) is 30.3 Å². The standard InChI is InChI=1S/C20H24FN3O2S/c21-17-9-2-3-10-18(17)24-20-12-5-4-11-19(20)23(27(24,25)26)16-8-15-22-13-6-1-7-14-22/h2-5,9-12H,1,6-8,13-16H2. The maximum Gasteiger partial charge on any atom is 0.331 e. The molecule has 0 atom stereocenters. The summed E-state index contributed by atoms with van der Waals surface area (Å²) < 4.78 is 43.4. The molecule has 27 heavy (non-hydrogen) atoms. The summed E-state index contributed by atoms with van der Waals surface area (Å²) in [5.74, 6) is -0.550. The number of hydrogen-bond donors (Lipinski definition) is 0. The quantitative estimate of drug-likeness (QED) is 0.779. The van der Waals surface area contributed by atoms with Crippen LogP contribution in [-0.2, 0) is 10.2 Å². The summed E-state index contributed by atoms with van der Waals surface area (Å²) in [7, 11) is -3.86. The summed E-state index contributed by atoms with van der Waals surface area (Å²) in [6.07, 6.45) is 4.46. The van der Waals surface area contributed by atoms with Gasteiger partial charge in [0.05, 0.1) is 17.1 Å². The molecular formula is C20H24FN3O2S. The molecule has 1 saturated heterocycles. The number of rotatable bonds is 5. The van der Waals surface area contributed by atoms with Crippen LogP contribution in [0.15, 0.2) is 48.5 Å². The van der Waals surface area contributed by atoms with Crippen LogP contribution in [0.3, 0.4) is 0 Å². The van der Waals surface area contributed by atoms with Crippen LogP contribution in [0.1, 0.15) is 25.7 Å². The van der Waals surface area contributed by atoms with E-state index >= 15 is 0 Å². The molecule has 144 valence electrons. The molecule has 0 radical (unpaired) electrons. The van der Waals surface area contributed by atoms with E-state index in [4.69, 9.17) is 0 Å². The molecule has 7 heteroatoms. The van der Waals surface area contributed by atoms with E-state index in [0.717, 1.165) is 30.4 Å². The van der Waals surface area contributed by atoms with Gasteiger partial charge < -0.3 is 4.90 Å². The predicted molar refractivity (Wildman–Crippen MR) is 106 cm³/mol. The monoisotopic (exact) mass is 389 g/mol. The summed E-state index contributed by atoms with van der Waals surface area (Å²) in [4.78, 5) is 2.40. The maximum absolute atomic E-state index is 14.4. The molecule has 2 aliphatic rings. The highest BCUT2D eigenvalue weighted by molar-refractivity contribution is 7.95. The first-order valence-corrected chi connectivity index (χ1v) is 10.9. The molecule has 4 rings (SSSR count). The topological polar surface area (TPSA) is 43.9 Å². The molecule has 5 nitrogen and oxygen atoms in total. The van der Waals surface area contributed by atoms with Gasteiger partial charge in [-0.1, -0.05) is 30.7 Å². The van der Waals surface area contributed by atoms with E-state index in [1.165, 1.54) is 35.7 Å². The fourth-order valence-electron chi connectivity index (χ4n) is 3.92. The average molecular weight is 389 g/mol. The van der Waals surface area contributed by atoms with Crippen molar-refractivity contribution < 1.29 is 12.8 Å². The number of benzene rings is 2. The van der Waals surface area contributed by atoms with Gasteiger partial charge in [-0.2, -0.15) is 8.42 Å². The number of likely N-dealkylation sites (tertiary alicyclic amines) is 1. The van der Waals surface area contributed by atoms with E-state index in [1.807, 2.05) is 6.07 Å². The highest BCUT2D eigenvalue weighted by atomic mass is 32.2. The van der Waals surface area contributed by atoms with Crippen molar-refractivity contribution in [1.82, 2.24) is 4.90 Å². The van der Waals surface area contributed by atoms with Gasteiger partial charge in [-0.25, -0.2) is 8.70 Å². The minimum atomic E-state index is -3.86. The van der Waals surface area contributed by atoms with Crippen molar-refractivity contribution in [3.8, 4) is 0 Å². The Morgan fingerprint density at radius 1 is 0.815 bits per heavy atom. The Kier molecular flexibility index (Phi) is 5.06. The van der Waals surface area contributed by atoms with Crippen molar-refractivity contribution >= 4 is 27.3 Å². The summed E-state index contributed by atoms with van der Waals surface area (Å²) in [6, 6.07) is 13.1. The number of nitrogens with zero attached hydrogens (tertiary/aromatic N) is 3. The molecule has 0 aromatic heterocycles. The lowest BCUT2D eigenvalue weighted by Gasteiger charge is -2.27. The Bertz CT molecular complexity index is 913. The molecule has 0 N–H and O–H groups in total. The number of piperidine rings is 1. The molecule has 0 bridgehead atoms. The number of anilines is 3. The molecule has 2 aliphatic heterocycles. The van der Waals surface area contributed by atoms with Gasteiger partial charge in [-0.05, 0) is 63.2 Å². The van der Waals surface area contributed by atoms with Crippen molar-refractivity contribution in [2.24, 2.45) is 0 Å². The summed E-state index contributed by atoms with van der Waals surface area (Å²) in [5.41, 5.74) is 1.17. The van der Waals surface area contributed by atoms with E-state index in [-0.39, 0.29) is 5.69 Å². The molecule has 2 aromatic rings. The highest BCUT2D eigenvalue weighted by Crippen LogP contribution is 2.45. The van der Waals surface area contributed by atoms with Gasteiger partial charge in [0.1, 0.15) is 5.82 Å². The van der Waals surface area contributed by atoms with Gasteiger partial charge in [-0.3, -0.25) is 4.31 Å². The second kappa shape index (κ2) is 7.48. The molecule has 1 fully saturated rings. The van der Waals surface area contributed by atoms with Gasteiger partial charge in [0.15, 0.2) is 0 Å². The van der Waals surface area contributed by atoms with Crippen LogP contribution in [0, 0.1) is 5.82 Å². The zero-order valence-corrected chi connectivity index (χ0v) is 16.0. The van der Waals surface area contributed by atoms with Crippen molar-refractivity contribution in [3.63, 3.8) is 0 Å². The molecule has 0 amide bonds. The lowest BCUT2D eigenvalue weighted by Crippen LogP contribution is -2.38. The van der Waals surface area contributed by atoms with Crippen molar-refractivity contribution in [3.05, 3.63) is 54.3 Å². The first kappa shape index (κ1) is 18.3. The zero-order chi connectivity index (χ0) is 18.9. The Labute approximate surface area is 160 Å². The second-order valence-corrected chi connectivity index (χ2v) is 8.74. The van der Waals surface area contributed by atoms with Crippen LogP contribution in [-0.4, -0.2) is 39.5 Å². The third-order valence-corrected chi connectivity index (χ3v) is 7.03. The van der Waals surface area contributed by atoms with Crippen molar-refractivity contribution in [2.45, 2.75) is 25.7 Å².